The van der Waals surface area contributed by atoms with E-state index in [9.17, 15) is 0 Å². The summed E-state index contributed by atoms with van der Waals surface area (Å²) in [5.41, 5.74) is 10.3. The summed E-state index contributed by atoms with van der Waals surface area (Å²) < 4.78 is 0. The molecule has 0 unspecified atom stereocenters. The van der Waals surface area contributed by atoms with Crippen LogP contribution in [0.15, 0.2) is 221 Å². The quantitative estimate of drug-likeness (QED) is 0.119. The summed E-state index contributed by atoms with van der Waals surface area (Å²) in [6.07, 6.45) is 22.9. The molecular formula is C58H57N9Y-2. The van der Waals surface area contributed by atoms with Gasteiger partial charge in [0.1, 0.15) is 18.7 Å². The molecular weight excluding hydrogens is 912 g/mol. The molecule has 0 bridgehead atoms. The number of aliphatic imine (C=N–C) groups is 4. The van der Waals surface area contributed by atoms with E-state index >= 15 is 0 Å². The average Bonchev–Trinajstić information content (AvgIpc) is 4.27. The maximum absolute atomic E-state index is 5.16. The molecule has 1 radical (unpaired) electrons. The average molecular weight is 969 g/mol. The molecule has 0 saturated heterocycles. The van der Waals surface area contributed by atoms with Gasteiger partial charge in [0.05, 0.1) is 44.5 Å². The van der Waals surface area contributed by atoms with Crippen LogP contribution in [0.25, 0.3) is 21.5 Å². The van der Waals surface area contributed by atoms with Gasteiger partial charge in [-0.1, -0.05) is 73.2 Å². The first kappa shape index (κ1) is 55.0. The fourth-order valence-electron chi connectivity index (χ4n) is 7.29. The maximum atomic E-state index is 5.16. The Labute approximate surface area is 426 Å². The van der Waals surface area contributed by atoms with Crippen LogP contribution in [0.4, 0.5) is 22.7 Å². The minimum absolute atomic E-state index is 0. The molecule has 68 heavy (non-hydrogen) atoms. The Morgan fingerprint density at radius 3 is 1.74 bits per heavy atom. The zero-order valence-corrected chi connectivity index (χ0v) is 41.7. The SMILES string of the molecule is C1=Nc2c(ccc3c2=NCN=3)C1.C1=Nc2c(ccc3ccccc23)C1.C1=Nc2c(ncc3ccccc23)C1.C1=Nc2cc3c(cc2C1)=NCN=3.C=C.C=C.C=C.C=C.C=C.[CH-]=CC1=[C-]CC=C1.[Y]. The van der Waals surface area contributed by atoms with Crippen LogP contribution < -0.4 is 21.4 Å². The van der Waals surface area contributed by atoms with E-state index in [1.807, 2.05) is 67.5 Å². The van der Waals surface area contributed by atoms with Crippen LogP contribution in [0.2, 0.25) is 0 Å². The van der Waals surface area contributed by atoms with Gasteiger partial charge >= 0.3 is 0 Å². The first-order chi connectivity index (χ1) is 33.2. The van der Waals surface area contributed by atoms with E-state index in [0.29, 0.717) is 13.3 Å². The standard InChI is InChI=1S/C12H9N.C11H8N2.2C9H7N3.C7H6.5C2H4.Y/c1-2-4-11-9(3-1)5-6-10-7-8-13-12(10)11;1-2-4-9-8(3-1)7-13-10-5-6-12-11(9)10;1-2-10-7-4-9-8(3-6(1)7)11-5-12-9;1-2-7-9(12-5-11-7)8-6(1)3-4-10-8;1-2-7-5-3-4-6-7;5*1-2;/h1-6,8H,7H2;1-4,6-7H,5H2;2-4H,1,5H2;1-2,4H,3,5H2;1-3,5H,4H2;5*1-2H2;/q;;;;-2;;;;;;. The zero-order valence-electron chi connectivity index (χ0n) is 38.9. The third-order valence-electron chi connectivity index (χ3n) is 10.2. The number of benzene rings is 5. The van der Waals surface area contributed by atoms with Gasteiger partial charge in [-0.15, -0.1) is 65.8 Å². The maximum Gasteiger partial charge on any atom is 0.131 e. The molecule has 7 heterocycles. The topological polar surface area (TPSA) is 112 Å². The number of aromatic nitrogens is 1. The monoisotopic (exact) mass is 968 g/mol. The van der Waals surface area contributed by atoms with Crippen molar-refractivity contribution in [2.24, 2.45) is 39.9 Å². The smallest absolute Gasteiger partial charge is 0.131 e. The Morgan fingerprint density at radius 1 is 0.515 bits per heavy atom. The van der Waals surface area contributed by atoms with Crippen LogP contribution in [-0.4, -0.2) is 43.2 Å². The minimum Gasteiger partial charge on any atom is -0.361 e. The Balaban J connectivity index is 0.000000216. The van der Waals surface area contributed by atoms with Gasteiger partial charge in [-0.05, 0) is 40.3 Å². The van der Waals surface area contributed by atoms with Gasteiger partial charge in [0.2, 0.25) is 0 Å². The van der Waals surface area contributed by atoms with Gasteiger partial charge in [-0.2, -0.15) is 6.08 Å². The van der Waals surface area contributed by atoms with E-state index in [1.54, 1.807) is 6.08 Å². The molecule has 0 fully saturated rings. The summed E-state index contributed by atoms with van der Waals surface area (Å²) in [6.45, 7) is 36.3. The molecule has 0 N–H and O–H groups in total. The van der Waals surface area contributed by atoms with Gasteiger partial charge in [-0.3, -0.25) is 57.1 Å². The van der Waals surface area contributed by atoms with Gasteiger partial charge in [0.25, 0.3) is 0 Å². The largest absolute Gasteiger partial charge is 0.361 e. The first-order valence-corrected chi connectivity index (χ1v) is 21.5. The predicted molar refractivity (Wildman–Crippen MR) is 286 cm³/mol. The first-order valence-electron chi connectivity index (χ1n) is 21.5. The van der Waals surface area contributed by atoms with Crippen LogP contribution in [0, 0.1) is 12.7 Å². The van der Waals surface area contributed by atoms with Gasteiger partial charge < -0.3 is 18.2 Å². The second-order valence-corrected chi connectivity index (χ2v) is 13.7. The third kappa shape index (κ3) is 13.9. The summed E-state index contributed by atoms with van der Waals surface area (Å²) in [5, 5.41) is 8.93. The van der Waals surface area contributed by atoms with Crippen molar-refractivity contribution in [3.05, 3.63) is 237 Å². The summed E-state index contributed by atoms with van der Waals surface area (Å²) in [5.74, 6) is 0. The number of rotatable bonds is 1. The molecule has 5 aromatic carbocycles. The van der Waals surface area contributed by atoms with Crippen LogP contribution in [-0.2, 0) is 58.4 Å². The van der Waals surface area contributed by atoms with E-state index in [2.05, 4.69) is 177 Å². The fourth-order valence-corrected chi connectivity index (χ4v) is 7.29. The van der Waals surface area contributed by atoms with Crippen molar-refractivity contribution in [1.82, 2.24) is 4.98 Å². The third-order valence-corrected chi connectivity index (χ3v) is 10.2. The molecule has 0 amide bonds. The molecule has 7 aliphatic rings. The van der Waals surface area contributed by atoms with E-state index in [-0.39, 0.29) is 32.7 Å². The van der Waals surface area contributed by atoms with Gasteiger partial charge in [-0.25, -0.2) is 0 Å². The van der Waals surface area contributed by atoms with E-state index in [0.717, 1.165) is 87.5 Å². The predicted octanol–water partition coefficient (Wildman–Crippen LogP) is 11.6. The minimum atomic E-state index is 0. The molecule has 9 nitrogen and oxygen atoms in total. The Hall–Kier alpha value is -7.33. The molecule has 0 atom stereocenters. The summed E-state index contributed by atoms with van der Waals surface area (Å²) in [6, 6.07) is 29.2. The van der Waals surface area contributed by atoms with Crippen molar-refractivity contribution in [2.75, 3.05) is 13.3 Å². The number of nitrogens with zero attached hydrogens (tertiary/aromatic N) is 9. The van der Waals surface area contributed by atoms with Crippen molar-refractivity contribution in [3.8, 4) is 0 Å². The van der Waals surface area contributed by atoms with E-state index in [1.165, 1.54) is 38.2 Å². The van der Waals surface area contributed by atoms with Crippen molar-refractivity contribution >= 4 is 69.2 Å². The number of fused-ring (bicyclic) bond motifs is 11. The second-order valence-electron chi connectivity index (χ2n) is 13.7. The number of hydrogen-bond acceptors (Lipinski definition) is 9. The van der Waals surface area contributed by atoms with Crippen LogP contribution in [0.5, 0.6) is 0 Å². The van der Waals surface area contributed by atoms with Gasteiger partial charge in [0.15, 0.2) is 0 Å². The Kier molecular flexibility index (Phi) is 24.3. The van der Waals surface area contributed by atoms with Gasteiger partial charge in [0, 0.05) is 106 Å². The Morgan fingerprint density at radius 2 is 1.06 bits per heavy atom. The number of allylic oxidation sites excluding steroid dienone is 5. The van der Waals surface area contributed by atoms with Crippen molar-refractivity contribution < 1.29 is 32.7 Å². The Bertz CT molecular complexity index is 3020. The molecule has 1 aromatic heterocycles. The zero-order chi connectivity index (χ0) is 48.4. The molecule has 339 valence electrons. The van der Waals surface area contributed by atoms with Crippen molar-refractivity contribution in [1.29, 1.82) is 0 Å². The van der Waals surface area contributed by atoms with E-state index in [4.69, 9.17) is 6.58 Å². The van der Waals surface area contributed by atoms with Crippen LogP contribution in [0.3, 0.4) is 0 Å². The molecule has 6 aliphatic heterocycles. The summed E-state index contributed by atoms with van der Waals surface area (Å²) in [4.78, 5) is 38.7. The van der Waals surface area contributed by atoms with Crippen molar-refractivity contribution in [3.63, 3.8) is 0 Å². The fraction of sp³-hybridized carbons (Fsp3) is 0.121. The molecule has 6 aromatic rings. The van der Waals surface area contributed by atoms with Crippen LogP contribution in [0.1, 0.15) is 28.8 Å². The number of pyridine rings is 1. The van der Waals surface area contributed by atoms with E-state index < -0.39 is 0 Å². The summed E-state index contributed by atoms with van der Waals surface area (Å²) >= 11 is 0. The molecule has 13 rings (SSSR count). The molecule has 10 heteroatoms. The normalized spacial score (nSPS) is 13.1. The van der Waals surface area contributed by atoms with Crippen molar-refractivity contribution in [2.45, 2.75) is 32.1 Å². The number of hydrogen-bond donors (Lipinski definition) is 0. The molecule has 1 aliphatic carbocycles. The van der Waals surface area contributed by atoms with Crippen LogP contribution >= 0.6 is 0 Å². The summed E-state index contributed by atoms with van der Waals surface area (Å²) in [7, 11) is 0. The second kappa shape index (κ2) is 30.1. The molecule has 0 spiro atoms. The molecule has 0 saturated carbocycles.